The van der Waals surface area contributed by atoms with Crippen LogP contribution in [0.5, 0.6) is 0 Å². The van der Waals surface area contributed by atoms with E-state index in [1.165, 1.54) is 71.6 Å². The maximum Gasteiger partial charge on any atom is 0.0540 e. The third-order valence-electron chi connectivity index (χ3n) is 11.1. The molecule has 0 aliphatic heterocycles. The third-order valence-corrected chi connectivity index (χ3v) is 11.1. The summed E-state index contributed by atoms with van der Waals surface area (Å²) in [6.07, 6.45) is 0. The first-order chi connectivity index (χ1) is 28.3. The molecule has 0 saturated heterocycles. The van der Waals surface area contributed by atoms with Crippen LogP contribution in [0.15, 0.2) is 237 Å². The van der Waals surface area contributed by atoms with Crippen LogP contribution in [-0.4, -0.2) is 0 Å². The summed E-state index contributed by atoms with van der Waals surface area (Å²) in [7, 11) is 0. The van der Waals surface area contributed by atoms with E-state index in [0.717, 1.165) is 22.6 Å². The third kappa shape index (κ3) is 6.46. The number of anilines is 3. The standard InChI is InChI=1S/C56H39N/c1-4-17-40(18-5-1)42-31-33-44(34-32-42)49-25-14-15-30-54(49)57(47-37-35-43(36-38-47)41-19-6-2-7-20-41)48-24-16-23-46(39-48)56-53-29-13-11-27-51(53)50-26-10-12-28-52(50)55(56)45-21-8-3-9-22-45/h1-39H. The van der Waals surface area contributed by atoms with Gasteiger partial charge in [0.05, 0.1) is 5.69 Å². The van der Waals surface area contributed by atoms with Gasteiger partial charge in [-0.1, -0.05) is 206 Å². The Balaban J connectivity index is 1.18. The Kier molecular flexibility index (Phi) is 8.95. The molecule has 0 amide bonds. The fourth-order valence-corrected chi connectivity index (χ4v) is 8.39. The molecular formula is C56H39N. The van der Waals surface area contributed by atoms with Crippen LogP contribution in [-0.2, 0) is 0 Å². The van der Waals surface area contributed by atoms with Crippen molar-refractivity contribution >= 4 is 38.6 Å². The SMILES string of the molecule is c1ccc(-c2ccc(-c3ccccc3N(c3ccc(-c4ccccc4)cc3)c3cccc(-c4c(-c5ccccc5)c5ccccc5c5ccccc45)c3)cc2)cc1. The van der Waals surface area contributed by atoms with Crippen molar-refractivity contribution in [1.82, 2.24) is 0 Å². The fourth-order valence-electron chi connectivity index (χ4n) is 8.39. The molecule has 0 fully saturated rings. The summed E-state index contributed by atoms with van der Waals surface area (Å²) in [6, 6.07) is 85.6. The zero-order valence-corrected chi connectivity index (χ0v) is 31.5. The highest BCUT2D eigenvalue weighted by molar-refractivity contribution is 6.21. The molecule has 0 aromatic heterocycles. The predicted molar refractivity (Wildman–Crippen MR) is 243 cm³/mol. The highest BCUT2D eigenvalue weighted by Gasteiger charge is 2.21. The Morgan fingerprint density at radius 1 is 0.228 bits per heavy atom. The van der Waals surface area contributed by atoms with E-state index in [1.54, 1.807) is 0 Å². The van der Waals surface area contributed by atoms with Crippen LogP contribution in [0.2, 0.25) is 0 Å². The number of rotatable bonds is 8. The monoisotopic (exact) mass is 725 g/mol. The molecule has 0 atom stereocenters. The van der Waals surface area contributed by atoms with E-state index in [0.29, 0.717) is 0 Å². The average Bonchev–Trinajstić information content (AvgIpc) is 3.30. The molecule has 0 heterocycles. The first kappa shape index (κ1) is 34.0. The van der Waals surface area contributed by atoms with Crippen LogP contribution in [0.25, 0.3) is 77.2 Å². The van der Waals surface area contributed by atoms with Crippen LogP contribution in [0.1, 0.15) is 0 Å². The first-order valence-corrected chi connectivity index (χ1v) is 19.6. The van der Waals surface area contributed by atoms with Crippen molar-refractivity contribution in [3.8, 4) is 55.6 Å². The number of hydrogen-bond donors (Lipinski definition) is 0. The summed E-state index contributed by atoms with van der Waals surface area (Å²) in [5.74, 6) is 0. The van der Waals surface area contributed by atoms with Crippen molar-refractivity contribution < 1.29 is 0 Å². The van der Waals surface area contributed by atoms with Gasteiger partial charge in [0.2, 0.25) is 0 Å². The van der Waals surface area contributed by atoms with Crippen molar-refractivity contribution in [2.45, 2.75) is 0 Å². The second kappa shape index (κ2) is 15.0. The largest absolute Gasteiger partial charge is 0.310 e. The van der Waals surface area contributed by atoms with Gasteiger partial charge in [-0.15, -0.1) is 0 Å². The zero-order valence-electron chi connectivity index (χ0n) is 31.5. The Hall–Kier alpha value is -7.48. The van der Waals surface area contributed by atoms with E-state index < -0.39 is 0 Å². The van der Waals surface area contributed by atoms with E-state index in [1.807, 2.05) is 0 Å². The van der Waals surface area contributed by atoms with E-state index in [-0.39, 0.29) is 0 Å². The molecule has 0 saturated carbocycles. The van der Waals surface area contributed by atoms with Gasteiger partial charge in [-0.25, -0.2) is 0 Å². The van der Waals surface area contributed by atoms with E-state index >= 15 is 0 Å². The molecule has 0 N–H and O–H groups in total. The molecule has 0 radical (unpaired) electrons. The van der Waals surface area contributed by atoms with Gasteiger partial charge in [0.25, 0.3) is 0 Å². The lowest BCUT2D eigenvalue weighted by atomic mass is 9.85. The summed E-state index contributed by atoms with van der Waals surface area (Å²) in [5.41, 5.74) is 15.3. The Morgan fingerprint density at radius 3 is 1.21 bits per heavy atom. The van der Waals surface area contributed by atoms with Gasteiger partial charge < -0.3 is 4.90 Å². The Labute approximate surface area is 334 Å². The quantitative estimate of drug-likeness (QED) is 0.141. The fraction of sp³-hybridized carbons (Fsp3) is 0. The summed E-state index contributed by atoms with van der Waals surface area (Å²) in [4.78, 5) is 2.42. The first-order valence-electron chi connectivity index (χ1n) is 19.6. The van der Waals surface area contributed by atoms with Crippen LogP contribution >= 0.6 is 0 Å². The predicted octanol–water partition coefficient (Wildman–Crippen LogP) is 15.8. The summed E-state index contributed by atoms with van der Waals surface area (Å²) < 4.78 is 0. The Bertz CT molecular complexity index is 2970. The molecule has 10 aromatic rings. The molecule has 57 heavy (non-hydrogen) atoms. The van der Waals surface area contributed by atoms with Crippen LogP contribution in [0.4, 0.5) is 17.1 Å². The van der Waals surface area contributed by atoms with Crippen molar-refractivity contribution in [3.05, 3.63) is 237 Å². The van der Waals surface area contributed by atoms with E-state index in [4.69, 9.17) is 0 Å². The van der Waals surface area contributed by atoms with Gasteiger partial charge in [-0.2, -0.15) is 0 Å². The smallest absolute Gasteiger partial charge is 0.0540 e. The molecule has 268 valence electrons. The molecule has 10 rings (SSSR count). The van der Waals surface area contributed by atoms with Gasteiger partial charge in [-0.05, 0) is 102 Å². The molecule has 1 heteroatoms. The molecule has 10 aromatic carbocycles. The highest BCUT2D eigenvalue weighted by atomic mass is 15.1. The highest BCUT2D eigenvalue weighted by Crippen LogP contribution is 2.47. The van der Waals surface area contributed by atoms with Gasteiger partial charge in [0.15, 0.2) is 0 Å². The van der Waals surface area contributed by atoms with Crippen molar-refractivity contribution in [1.29, 1.82) is 0 Å². The lowest BCUT2D eigenvalue weighted by Gasteiger charge is -2.29. The van der Waals surface area contributed by atoms with Gasteiger partial charge in [0, 0.05) is 16.9 Å². The van der Waals surface area contributed by atoms with Gasteiger partial charge >= 0.3 is 0 Å². The molecule has 0 aliphatic carbocycles. The van der Waals surface area contributed by atoms with Crippen LogP contribution < -0.4 is 4.90 Å². The molecule has 1 nitrogen and oxygen atoms in total. The minimum atomic E-state index is 1.09. The maximum atomic E-state index is 2.42. The molecule has 0 aliphatic rings. The molecular weight excluding hydrogens is 687 g/mol. The number of fused-ring (bicyclic) bond motifs is 3. The number of benzene rings is 10. The van der Waals surface area contributed by atoms with Crippen molar-refractivity contribution in [2.75, 3.05) is 4.90 Å². The topological polar surface area (TPSA) is 3.24 Å². The lowest BCUT2D eigenvalue weighted by molar-refractivity contribution is 1.28. The maximum absolute atomic E-state index is 2.42. The van der Waals surface area contributed by atoms with Crippen LogP contribution in [0.3, 0.4) is 0 Å². The van der Waals surface area contributed by atoms with Gasteiger partial charge in [-0.3, -0.25) is 0 Å². The molecule has 0 bridgehead atoms. The molecule has 0 spiro atoms. The summed E-state index contributed by atoms with van der Waals surface area (Å²) >= 11 is 0. The van der Waals surface area contributed by atoms with Crippen molar-refractivity contribution in [3.63, 3.8) is 0 Å². The second-order valence-corrected chi connectivity index (χ2v) is 14.5. The summed E-state index contributed by atoms with van der Waals surface area (Å²) in [6.45, 7) is 0. The average molecular weight is 726 g/mol. The number of para-hydroxylation sites is 1. The lowest BCUT2D eigenvalue weighted by Crippen LogP contribution is -2.11. The minimum absolute atomic E-state index is 1.09. The van der Waals surface area contributed by atoms with E-state index in [9.17, 15) is 0 Å². The second-order valence-electron chi connectivity index (χ2n) is 14.5. The van der Waals surface area contributed by atoms with Crippen molar-refractivity contribution in [2.24, 2.45) is 0 Å². The number of hydrogen-bond acceptors (Lipinski definition) is 1. The van der Waals surface area contributed by atoms with Crippen LogP contribution in [0, 0.1) is 0 Å². The van der Waals surface area contributed by atoms with Gasteiger partial charge in [0.1, 0.15) is 0 Å². The zero-order chi connectivity index (χ0) is 38.0. The molecule has 0 unspecified atom stereocenters. The normalized spacial score (nSPS) is 11.2. The Morgan fingerprint density at radius 2 is 0.632 bits per heavy atom. The minimum Gasteiger partial charge on any atom is -0.310 e. The van der Waals surface area contributed by atoms with E-state index in [2.05, 4.69) is 241 Å². The number of nitrogens with zero attached hydrogens (tertiary/aromatic N) is 1. The summed E-state index contributed by atoms with van der Waals surface area (Å²) in [5, 5.41) is 5.01.